The zero-order chi connectivity index (χ0) is 22.6. The minimum atomic E-state index is -0.884. The van der Waals surface area contributed by atoms with Gasteiger partial charge in [0.05, 0.1) is 10.4 Å². The quantitative estimate of drug-likeness (QED) is 0.219. The summed E-state index contributed by atoms with van der Waals surface area (Å²) >= 11 is 6.71. The molecule has 0 unspecified atom stereocenters. The lowest BCUT2D eigenvalue weighted by Crippen LogP contribution is -2.61. The Labute approximate surface area is 191 Å². The predicted molar refractivity (Wildman–Crippen MR) is 128 cm³/mol. The van der Waals surface area contributed by atoms with Crippen molar-refractivity contribution in [2.24, 2.45) is 0 Å². The fourth-order valence-corrected chi connectivity index (χ4v) is 5.20. The molecule has 1 aliphatic heterocycles. The van der Waals surface area contributed by atoms with Crippen LogP contribution in [0.1, 0.15) is 33.6 Å². The third-order valence-electron chi connectivity index (χ3n) is 4.92. The van der Waals surface area contributed by atoms with E-state index in [0.29, 0.717) is 21.6 Å². The highest BCUT2D eigenvalue weighted by Gasteiger charge is 2.50. The van der Waals surface area contributed by atoms with Gasteiger partial charge in [-0.1, -0.05) is 73.7 Å². The molecule has 4 N–H and O–H groups in total. The molecule has 4 amide bonds. The number of hydrogen-bond donors (Lipinski definition) is 4. The van der Waals surface area contributed by atoms with Crippen LogP contribution in [0.15, 0.2) is 42.5 Å². The van der Waals surface area contributed by atoms with E-state index in [2.05, 4.69) is 16.1 Å². The summed E-state index contributed by atoms with van der Waals surface area (Å²) in [5.41, 5.74) is 3.33. The van der Waals surface area contributed by atoms with E-state index in [1.54, 1.807) is 6.07 Å². The summed E-state index contributed by atoms with van der Waals surface area (Å²) in [6, 6.07) is 12.2. The molecule has 1 heterocycles. The molecule has 0 aromatic heterocycles. The lowest BCUT2D eigenvalue weighted by atomic mass is 10.1. The number of hydrogen-bond acceptors (Lipinski definition) is 5. The smallest absolute Gasteiger partial charge is 0.336 e. The van der Waals surface area contributed by atoms with Crippen molar-refractivity contribution in [1.82, 2.24) is 20.8 Å². The average molecular weight is 462 g/mol. The van der Waals surface area contributed by atoms with Crippen LogP contribution in [0, 0.1) is 0 Å². The topological polar surface area (TPSA) is 96.9 Å². The second-order valence-corrected chi connectivity index (χ2v) is 10.0. The van der Waals surface area contributed by atoms with E-state index in [-0.39, 0.29) is 0 Å². The lowest BCUT2D eigenvalue weighted by Gasteiger charge is -2.36. The van der Waals surface area contributed by atoms with Crippen LogP contribution < -0.4 is 16.1 Å². The molecule has 31 heavy (non-hydrogen) atoms. The third-order valence-corrected chi connectivity index (χ3v) is 6.47. The minimum absolute atomic E-state index is 0.350. The molecule has 2 aromatic rings. The van der Waals surface area contributed by atoms with Gasteiger partial charge in [0.25, 0.3) is 0 Å². The Balaban J connectivity index is 1.75. The van der Waals surface area contributed by atoms with Crippen molar-refractivity contribution in [3.63, 3.8) is 0 Å². The normalized spacial score (nSPS) is 17.5. The van der Waals surface area contributed by atoms with Crippen molar-refractivity contribution >= 4 is 56.8 Å². The Morgan fingerprint density at radius 2 is 1.94 bits per heavy atom. The van der Waals surface area contributed by atoms with Gasteiger partial charge in [-0.05, 0) is 31.7 Å². The fraction of sp³-hybridized carbons (Fsp3) is 0.381. The molecule has 10 heteroatoms. The summed E-state index contributed by atoms with van der Waals surface area (Å²) in [4.78, 5) is 25.2. The summed E-state index contributed by atoms with van der Waals surface area (Å²) in [6.45, 7) is 6.16. The van der Waals surface area contributed by atoms with E-state index >= 15 is 0 Å². The van der Waals surface area contributed by atoms with Crippen molar-refractivity contribution < 1.29 is 14.8 Å². The number of carbonyl (C=O) groups excluding carboxylic acids is 2. The standard InChI is InChI=1S/C21H27N5O3S2/c1-4-5-13-22-19(28)26(29)17-21(2,3)31-20(30)25(17)24-18(27)23-16-12-8-10-14-9-6-7-11-15(14)16/h6-12,17,29H,4-5,13H2,1-3H3,(H,22,28)(H2,23,24,27)/t17-/m1/s1. The van der Waals surface area contributed by atoms with E-state index in [9.17, 15) is 14.8 Å². The van der Waals surface area contributed by atoms with Crippen molar-refractivity contribution in [3.8, 4) is 0 Å². The number of nitrogens with one attached hydrogen (secondary N) is 3. The number of fused-ring (bicyclic) bond motifs is 1. The number of urea groups is 2. The first-order valence-electron chi connectivity index (χ1n) is 10.1. The molecule has 1 aliphatic rings. The number of carbonyl (C=O) groups is 2. The van der Waals surface area contributed by atoms with Gasteiger partial charge in [0, 0.05) is 11.9 Å². The van der Waals surface area contributed by atoms with Gasteiger partial charge in [0.2, 0.25) is 0 Å². The van der Waals surface area contributed by atoms with Crippen LogP contribution in [0.4, 0.5) is 15.3 Å². The predicted octanol–water partition coefficient (Wildman–Crippen LogP) is 4.52. The van der Waals surface area contributed by atoms with Gasteiger partial charge in [-0.3, -0.25) is 5.21 Å². The number of amides is 4. The number of unbranched alkanes of at least 4 members (excludes halogenated alkanes) is 1. The van der Waals surface area contributed by atoms with Crippen molar-refractivity contribution in [3.05, 3.63) is 42.5 Å². The summed E-state index contributed by atoms with van der Waals surface area (Å²) in [5.74, 6) is 0. The maximum absolute atomic E-state index is 12.8. The molecule has 0 aliphatic carbocycles. The van der Waals surface area contributed by atoms with E-state index < -0.39 is 23.0 Å². The molecule has 0 radical (unpaired) electrons. The Hall–Kier alpha value is -2.56. The van der Waals surface area contributed by atoms with Gasteiger partial charge in [-0.15, -0.1) is 0 Å². The van der Waals surface area contributed by atoms with Gasteiger partial charge in [0.15, 0.2) is 10.5 Å². The molecule has 3 rings (SSSR count). The third kappa shape index (κ3) is 5.20. The first kappa shape index (κ1) is 23.1. The number of hydroxylamine groups is 2. The van der Waals surface area contributed by atoms with Crippen molar-refractivity contribution in [1.29, 1.82) is 0 Å². The van der Waals surface area contributed by atoms with E-state index in [0.717, 1.165) is 23.6 Å². The van der Waals surface area contributed by atoms with E-state index in [4.69, 9.17) is 12.2 Å². The average Bonchev–Trinajstić information content (AvgIpc) is 2.95. The Morgan fingerprint density at radius 1 is 1.23 bits per heavy atom. The Bertz CT molecular complexity index is 979. The van der Waals surface area contributed by atoms with Crippen molar-refractivity contribution in [2.75, 3.05) is 11.9 Å². The number of hydrazine groups is 1. The second-order valence-electron chi connectivity index (χ2n) is 7.74. The molecule has 2 aromatic carbocycles. The van der Waals surface area contributed by atoms with Crippen LogP contribution in [-0.4, -0.2) is 49.1 Å². The van der Waals surface area contributed by atoms with Gasteiger partial charge < -0.3 is 10.6 Å². The monoisotopic (exact) mass is 461 g/mol. The Morgan fingerprint density at radius 3 is 2.68 bits per heavy atom. The molecule has 0 spiro atoms. The molecule has 0 bridgehead atoms. The highest BCUT2D eigenvalue weighted by molar-refractivity contribution is 8.24. The zero-order valence-electron chi connectivity index (χ0n) is 17.7. The number of nitrogens with zero attached hydrogens (tertiary/aromatic N) is 2. The van der Waals surface area contributed by atoms with Crippen LogP contribution in [0.5, 0.6) is 0 Å². The highest BCUT2D eigenvalue weighted by atomic mass is 32.2. The van der Waals surface area contributed by atoms with Crippen LogP contribution in [0.2, 0.25) is 0 Å². The molecular weight excluding hydrogens is 434 g/mol. The van der Waals surface area contributed by atoms with E-state index in [1.165, 1.54) is 16.8 Å². The van der Waals surface area contributed by atoms with Crippen LogP contribution in [0.25, 0.3) is 10.8 Å². The number of thiocarbonyl (C=S) groups is 1. The number of thioether (sulfide) groups is 1. The first-order valence-corrected chi connectivity index (χ1v) is 11.3. The maximum atomic E-state index is 12.8. The first-order chi connectivity index (χ1) is 14.7. The maximum Gasteiger partial charge on any atom is 0.343 e. The number of benzene rings is 2. The summed E-state index contributed by atoms with van der Waals surface area (Å²) < 4.78 is -0.302. The molecule has 1 saturated heterocycles. The fourth-order valence-electron chi connectivity index (χ4n) is 3.41. The summed E-state index contributed by atoms with van der Waals surface area (Å²) in [5, 5.41) is 20.0. The van der Waals surface area contributed by atoms with Gasteiger partial charge in [0.1, 0.15) is 0 Å². The van der Waals surface area contributed by atoms with Gasteiger partial charge in [-0.25, -0.2) is 20.0 Å². The molecule has 1 atom stereocenters. The molecule has 166 valence electrons. The van der Waals surface area contributed by atoms with Crippen LogP contribution in [0.3, 0.4) is 0 Å². The largest absolute Gasteiger partial charge is 0.343 e. The summed E-state index contributed by atoms with van der Waals surface area (Å²) in [7, 11) is 0. The lowest BCUT2D eigenvalue weighted by molar-refractivity contribution is -0.124. The highest BCUT2D eigenvalue weighted by Crippen LogP contribution is 2.41. The number of rotatable bonds is 6. The molecule has 8 nitrogen and oxygen atoms in total. The van der Waals surface area contributed by atoms with Crippen molar-refractivity contribution in [2.45, 2.75) is 44.5 Å². The van der Waals surface area contributed by atoms with Crippen LogP contribution in [-0.2, 0) is 0 Å². The SMILES string of the molecule is CCCCNC(=O)N(O)[C@H]1N(NC(=O)Nc2cccc3ccccc23)C(=S)SC1(C)C. The Kier molecular flexibility index (Phi) is 7.24. The summed E-state index contributed by atoms with van der Waals surface area (Å²) in [6.07, 6.45) is 0.837. The minimum Gasteiger partial charge on any atom is -0.336 e. The second kappa shape index (κ2) is 9.71. The molecule has 1 fully saturated rings. The zero-order valence-corrected chi connectivity index (χ0v) is 19.3. The number of anilines is 1. The van der Waals surface area contributed by atoms with E-state index in [1.807, 2.05) is 57.2 Å². The molecule has 0 saturated carbocycles. The van der Waals surface area contributed by atoms with Gasteiger partial charge in [-0.2, -0.15) is 5.06 Å². The van der Waals surface area contributed by atoms with Crippen LogP contribution >= 0.6 is 24.0 Å². The van der Waals surface area contributed by atoms with Gasteiger partial charge >= 0.3 is 12.1 Å². The molecular formula is C21H27N5O3S2.